The molecule has 1 aliphatic rings. The van der Waals surface area contributed by atoms with Crippen molar-refractivity contribution in [1.82, 2.24) is 14.8 Å². The van der Waals surface area contributed by atoms with Gasteiger partial charge in [-0.05, 0) is 25.1 Å². The molecule has 1 amide bonds. The van der Waals surface area contributed by atoms with Crippen molar-refractivity contribution in [3.05, 3.63) is 57.6 Å². The second-order valence-corrected chi connectivity index (χ2v) is 7.54. The standard InChI is InChI=1S/C19H22Cl2FN3O2/c1-12-10-25(6-7-27-12)17(18-14(21)4-3-5-15(18)22)9-23-19(26)16-8-13(20)11-24(16)2/h3-5,8,11-12,17H,6-7,9-10H2,1-2H3,(H,23,26)/t12-,17-/m0/s1. The molecule has 2 aromatic rings. The number of ether oxygens (including phenoxy) is 1. The van der Waals surface area contributed by atoms with E-state index in [1.54, 1.807) is 36.0 Å². The van der Waals surface area contributed by atoms with Crippen LogP contribution < -0.4 is 5.32 Å². The zero-order valence-electron chi connectivity index (χ0n) is 15.2. The van der Waals surface area contributed by atoms with Crippen LogP contribution in [-0.2, 0) is 11.8 Å². The van der Waals surface area contributed by atoms with E-state index in [9.17, 15) is 9.18 Å². The molecule has 146 valence electrons. The Labute approximate surface area is 168 Å². The average Bonchev–Trinajstić information content (AvgIpc) is 2.95. The van der Waals surface area contributed by atoms with Crippen molar-refractivity contribution in [3.63, 3.8) is 0 Å². The van der Waals surface area contributed by atoms with Crippen LogP contribution in [0.2, 0.25) is 10.0 Å². The van der Waals surface area contributed by atoms with E-state index in [0.717, 1.165) is 0 Å². The van der Waals surface area contributed by atoms with Gasteiger partial charge in [-0.1, -0.05) is 29.3 Å². The Hall–Kier alpha value is -1.60. The Morgan fingerprint density at radius 2 is 2.22 bits per heavy atom. The maximum absolute atomic E-state index is 14.6. The molecule has 1 N–H and O–H groups in total. The highest BCUT2D eigenvalue weighted by Crippen LogP contribution is 2.31. The predicted octanol–water partition coefficient (Wildman–Crippen LogP) is 3.66. The van der Waals surface area contributed by atoms with E-state index < -0.39 is 6.04 Å². The molecule has 0 aliphatic carbocycles. The molecule has 0 bridgehead atoms. The lowest BCUT2D eigenvalue weighted by Gasteiger charge is -2.38. The lowest BCUT2D eigenvalue weighted by atomic mass is 10.0. The number of amides is 1. The van der Waals surface area contributed by atoms with Crippen molar-refractivity contribution < 1.29 is 13.9 Å². The van der Waals surface area contributed by atoms with Crippen molar-refractivity contribution in [3.8, 4) is 0 Å². The van der Waals surface area contributed by atoms with Gasteiger partial charge in [0.15, 0.2) is 0 Å². The number of carbonyl (C=O) groups excluding carboxylic acids is 1. The fraction of sp³-hybridized carbons (Fsp3) is 0.421. The van der Waals surface area contributed by atoms with E-state index in [4.69, 9.17) is 27.9 Å². The zero-order valence-corrected chi connectivity index (χ0v) is 16.7. The molecule has 0 radical (unpaired) electrons. The van der Waals surface area contributed by atoms with Gasteiger partial charge in [0, 0.05) is 43.5 Å². The van der Waals surface area contributed by atoms with Gasteiger partial charge in [0.05, 0.1) is 23.8 Å². The number of nitrogens with one attached hydrogen (secondary N) is 1. The number of rotatable bonds is 5. The normalized spacial score (nSPS) is 19.1. The molecule has 0 saturated carbocycles. The van der Waals surface area contributed by atoms with Crippen LogP contribution in [0.15, 0.2) is 30.5 Å². The predicted molar refractivity (Wildman–Crippen MR) is 104 cm³/mol. The van der Waals surface area contributed by atoms with Crippen molar-refractivity contribution in [2.45, 2.75) is 19.1 Å². The molecular weight excluding hydrogens is 392 g/mol. The Morgan fingerprint density at radius 3 is 2.85 bits per heavy atom. The van der Waals surface area contributed by atoms with Gasteiger partial charge in [-0.3, -0.25) is 9.69 Å². The number of aromatic nitrogens is 1. The van der Waals surface area contributed by atoms with Crippen molar-refractivity contribution >= 4 is 29.1 Å². The van der Waals surface area contributed by atoms with Crippen LogP contribution in [0, 0.1) is 5.82 Å². The summed E-state index contributed by atoms with van der Waals surface area (Å²) in [7, 11) is 1.75. The fourth-order valence-electron chi connectivity index (χ4n) is 3.40. The summed E-state index contributed by atoms with van der Waals surface area (Å²) in [5.74, 6) is -0.661. The van der Waals surface area contributed by atoms with E-state index in [2.05, 4.69) is 10.2 Å². The first-order valence-corrected chi connectivity index (χ1v) is 9.52. The Kier molecular flexibility index (Phi) is 6.42. The van der Waals surface area contributed by atoms with Crippen LogP contribution >= 0.6 is 23.2 Å². The maximum atomic E-state index is 14.6. The quantitative estimate of drug-likeness (QED) is 0.813. The van der Waals surface area contributed by atoms with E-state index in [1.807, 2.05) is 6.92 Å². The summed E-state index contributed by atoms with van der Waals surface area (Å²) < 4.78 is 21.8. The zero-order chi connectivity index (χ0) is 19.6. The van der Waals surface area contributed by atoms with Crippen molar-refractivity contribution in [2.24, 2.45) is 7.05 Å². The highest BCUT2D eigenvalue weighted by atomic mass is 35.5. The molecule has 2 atom stereocenters. The smallest absolute Gasteiger partial charge is 0.268 e. The highest BCUT2D eigenvalue weighted by Gasteiger charge is 2.29. The highest BCUT2D eigenvalue weighted by molar-refractivity contribution is 6.31. The van der Waals surface area contributed by atoms with Gasteiger partial charge in [0.1, 0.15) is 11.5 Å². The number of hydrogen-bond acceptors (Lipinski definition) is 3. The lowest BCUT2D eigenvalue weighted by molar-refractivity contribution is -0.0346. The van der Waals surface area contributed by atoms with Crippen molar-refractivity contribution in [2.75, 3.05) is 26.2 Å². The van der Waals surface area contributed by atoms with Gasteiger partial charge in [-0.15, -0.1) is 0 Å². The van der Waals surface area contributed by atoms with Gasteiger partial charge in [0.25, 0.3) is 5.91 Å². The first-order valence-electron chi connectivity index (χ1n) is 8.76. The second-order valence-electron chi connectivity index (χ2n) is 6.69. The van der Waals surface area contributed by atoms with Gasteiger partial charge in [-0.2, -0.15) is 0 Å². The molecule has 2 heterocycles. The summed E-state index contributed by atoms with van der Waals surface area (Å²) in [4.78, 5) is 14.7. The lowest BCUT2D eigenvalue weighted by Crippen LogP contribution is -2.47. The van der Waals surface area contributed by atoms with Crippen LogP contribution in [-0.4, -0.2) is 47.7 Å². The molecular formula is C19H22Cl2FN3O2. The molecule has 1 aromatic carbocycles. The monoisotopic (exact) mass is 413 g/mol. The summed E-state index contributed by atoms with van der Waals surface area (Å²) >= 11 is 12.3. The van der Waals surface area contributed by atoms with Gasteiger partial charge < -0.3 is 14.6 Å². The maximum Gasteiger partial charge on any atom is 0.268 e. The van der Waals surface area contributed by atoms with Crippen molar-refractivity contribution in [1.29, 1.82) is 0 Å². The molecule has 3 rings (SSSR count). The molecule has 1 fully saturated rings. The van der Waals surface area contributed by atoms with E-state index in [1.165, 1.54) is 6.07 Å². The van der Waals surface area contributed by atoms with Crippen LogP contribution in [0.1, 0.15) is 29.0 Å². The summed E-state index contributed by atoms with van der Waals surface area (Å²) in [6, 6.07) is 5.82. The molecule has 1 aliphatic heterocycles. The van der Waals surface area contributed by atoms with Crippen LogP contribution in [0.25, 0.3) is 0 Å². The first-order chi connectivity index (χ1) is 12.9. The minimum atomic E-state index is -0.398. The summed E-state index contributed by atoms with van der Waals surface area (Å²) in [5, 5.41) is 3.72. The number of halogens is 3. The molecule has 5 nitrogen and oxygen atoms in total. The van der Waals surface area contributed by atoms with Crippen LogP contribution in [0.4, 0.5) is 4.39 Å². The third-order valence-corrected chi connectivity index (χ3v) is 5.24. The topological polar surface area (TPSA) is 46.5 Å². The Balaban J connectivity index is 1.84. The number of hydrogen-bond donors (Lipinski definition) is 1. The average molecular weight is 414 g/mol. The van der Waals surface area contributed by atoms with Crippen LogP contribution in [0.5, 0.6) is 0 Å². The summed E-state index contributed by atoms with van der Waals surface area (Å²) in [6.45, 7) is 3.99. The SMILES string of the molecule is C[C@H]1CN([C@@H](CNC(=O)c2cc(Cl)cn2C)c2c(F)cccc2Cl)CCO1. The molecule has 0 spiro atoms. The minimum absolute atomic E-state index is 0.0224. The molecule has 27 heavy (non-hydrogen) atoms. The largest absolute Gasteiger partial charge is 0.376 e. The number of benzene rings is 1. The number of nitrogens with zero attached hydrogens (tertiary/aromatic N) is 2. The Bertz CT molecular complexity index is 807. The van der Waals surface area contributed by atoms with Gasteiger partial charge in [-0.25, -0.2) is 4.39 Å². The summed E-state index contributed by atoms with van der Waals surface area (Å²) in [6.07, 6.45) is 1.68. The summed E-state index contributed by atoms with van der Waals surface area (Å²) in [5.41, 5.74) is 0.826. The third kappa shape index (κ3) is 4.63. The van der Waals surface area contributed by atoms with Gasteiger partial charge >= 0.3 is 0 Å². The fourth-order valence-corrected chi connectivity index (χ4v) is 3.94. The van der Waals surface area contributed by atoms with E-state index >= 15 is 0 Å². The van der Waals surface area contributed by atoms with E-state index in [0.29, 0.717) is 41.0 Å². The third-order valence-electron chi connectivity index (χ3n) is 4.71. The Morgan fingerprint density at radius 1 is 1.44 bits per heavy atom. The number of morpholine rings is 1. The van der Waals surface area contributed by atoms with Gasteiger partial charge in [0.2, 0.25) is 0 Å². The van der Waals surface area contributed by atoms with E-state index in [-0.39, 0.29) is 24.4 Å². The molecule has 0 unspecified atom stereocenters. The second kappa shape index (κ2) is 8.61. The molecule has 1 aromatic heterocycles. The molecule has 1 saturated heterocycles. The van der Waals surface area contributed by atoms with Crippen LogP contribution in [0.3, 0.4) is 0 Å². The minimum Gasteiger partial charge on any atom is -0.376 e. The first kappa shape index (κ1) is 20.1. The number of aryl methyl sites for hydroxylation is 1. The number of carbonyl (C=O) groups is 1. The molecule has 8 heteroatoms.